The fraction of sp³-hybridized carbons (Fsp3) is 0.467. The van der Waals surface area contributed by atoms with Crippen molar-refractivity contribution in [3.63, 3.8) is 0 Å². The third kappa shape index (κ3) is 2.06. The summed E-state index contributed by atoms with van der Waals surface area (Å²) in [4.78, 5) is 26.0. The first kappa shape index (κ1) is 12.4. The Morgan fingerprint density at radius 2 is 1.84 bits per heavy atom. The van der Waals surface area contributed by atoms with Crippen LogP contribution in [0.1, 0.15) is 40.5 Å². The molecule has 1 fully saturated rings. The molecule has 0 bridgehead atoms. The molecule has 0 saturated carbocycles. The molecule has 2 amide bonds. The third-order valence-corrected chi connectivity index (χ3v) is 4.22. The third-order valence-electron chi connectivity index (χ3n) is 4.22. The van der Waals surface area contributed by atoms with Crippen LogP contribution in [0.3, 0.4) is 0 Å². The smallest absolute Gasteiger partial charge is 0.261 e. The van der Waals surface area contributed by atoms with E-state index in [2.05, 4.69) is 12.2 Å². The van der Waals surface area contributed by atoms with Crippen molar-refractivity contribution in [3.8, 4) is 0 Å². The summed E-state index contributed by atoms with van der Waals surface area (Å²) in [6.45, 7) is 3.68. The summed E-state index contributed by atoms with van der Waals surface area (Å²) < 4.78 is 0. The second-order valence-corrected chi connectivity index (χ2v) is 5.41. The standard InChI is InChI=1S/C15H18N2O2/c1-10-11(5-4-8-16-10)9-17-14(18)12-6-2-3-7-13(12)15(17)19/h2-3,6-7,10-11,16H,4-5,8-9H2,1H3. The highest BCUT2D eigenvalue weighted by Gasteiger charge is 2.37. The van der Waals surface area contributed by atoms with Gasteiger partial charge in [0.25, 0.3) is 11.8 Å². The van der Waals surface area contributed by atoms with Crippen LogP contribution < -0.4 is 5.32 Å². The molecule has 0 aromatic heterocycles. The van der Waals surface area contributed by atoms with E-state index in [-0.39, 0.29) is 11.8 Å². The van der Waals surface area contributed by atoms with Crippen LogP contribution >= 0.6 is 0 Å². The van der Waals surface area contributed by atoms with Gasteiger partial charge in [-0.3, -0.25) is 14.5 Å². The molecule has 0 aliphatic carbocycles. The second kappa shape index (κ2) is 4.78. The van der Waals surface area contributed by atoms with Crippen LogP contribution in [0.15, 0.2) is 24.3 Å². The molecule has 2 heterocycles. The molecular formula is C15H18N2O2. The van der Waals surface area contributed by atoms with Crippen molar-refractivity contribution in [1.29, 1.82) is 0 Å². The Kier molecular flexibility index (Phi) is 3.11. The van der Waals surface area contributed by atoms with Crippen LogP contribution in [-0.2, 0) is 0 Å². The minimum absolute atomic E-state index is 0.140. The molecule has 19 heavy (non-hydrogen) atoms. The molecule has 4 heteroatoms. The lowest BCUT2D eigenvalue weighted by Gasteiger charge is -2.32. The molecule has 2 aliphatic heterocycles. The van der Waals surface area contributed by atoms with Gasteiger partial charge in [-0.15, -0.1) is 0 Å². The highest BCUT2D eigenvalue weighted by Crippen LogP contribution is 2.26. The van der Waals surface area contributed by atoms with Gasteiger partial charge in [-0.05, 0) is 44.4 Å². The van der Waals surface area contributed by atoms with Gasteiger partial charge in [-0.2, -0.15) is 0 Å². The molecule has 0 radical (unpaired) electrons. The van der Waals surface area contributed by atoms with Crippen molar-refractivity contribution >= 4 is 11.8 Å². The maximum Gasteiger partial charge on any atom is 0.261 e. The predicted molar refractivity (Wildman–Crippen MR) is 72.0 cm³/mol. The molecule has 2 atom stereocenters. The number of nitrogens with zero attached hydrogens (tertiary/aromatic N) is 1. The number of nitrogens with one attached hydrogen (secondary N) is 1. The molecule has 1 N–H and O–H groups in total. The first-order valence-electron chi connectivity index (χ1n) is 6.87. The van der Waals surface area contributed by atoms with Crippen molar-refractivity contribution in [2.45, 2.75) is 25.8 Å². The lowest BCUT2D eigenvalue weighted by atomic mass is 9.91. The zero-order valence-electron chi connectivity index (χ0n) is 11.1. The van der Waals surface area contributed by atoms with E-state index >= 15 is 0 Å². The van der Waals surface area contributed by atoms with Crippen molar-refractivity contribution in [1.82, 2.24) is 10.2 Å². The fourth-order valence-electron chi connectivity index (χ4n) is 3.00. The Balaban J connectivity index is 1.80. The number of imide groups is 1. The maximum absolute atomic E-state index is 12.3. The van der Waals surface area contributed by atoms with E-state index in [1.165, 1.54) is 4.90 Å². The first-order valence-corrected chi connectivity index (χ1v) is 6.87. The molecule has 1 aromatic carbocycles. The number of carbonyl (C=O) groups excluding carboxylic acids is 2. The van der Waals surface area contributed by atoms with Crippen molar-refractivity contribution in [2.24, 2.45) is 5.92 Å². The SMILES string of the molecule is CC1NCCCC1CN1C(=O)c2ccccc2C1=O. The van der Waals surface area contributed by atoms with Gasteiger partial charge < -0.3 is 5.32 Å². The summed E-state index contributed by atoms with van der Waals surface area (Å²) in [5.74, 6) is 0.0766. The number of rotatable bonds is 2. The Labute approximate surface area is 112 Å². The summed E-state index contributed by atoms with van der Waals surface area (Å²) >= 11 is 0. The number of amides is 2. The van der Waals surface area contributed by atoms with E-state index in [1.807, 2.05) is 0 Å². The number of benzene rings is 1. The van der Waals surface area contributed by atoms with Crippen LogP contribution in [0, 0.1) is 5.92 Å². The van der Waals surface area contributed by atoms with Gasteiger partial charge in [0.05, 0.1) is 11.1 Å². The van der Waals surface area contributed by atoms with Crippen molar-refractivity contribution in [2.75, 3.05) is 13.1 Å². The maximum atomic E-state index is 12.3. The summed E-state index contributed by atoms with van der Waals surface area (Å²) in [6, 6.07) is 7.44. The highest BCUT2D eigenvalue weighted by molar-refractivity contribution is 6.21. The highest BCUT2D eigenvalue weighted by atomic mass is 16.2. The van der Waals surface area contributed by atoms with Crippen molar-refractivity contribution < 1.29 is 9.59 Å². The van der Waals surface area contributed by atoms with E-state index < -0.39 is 0 Å². The van der Waals surface area contributed by atoms with Crippen LogP contribution in [0.2, 0.25) is 0 Å². The van der Waals surface area contributed by atoms with Gasteiger partial charge in [0, 0.05) is 12.6 Å². The van der Waals surface area contributed by atoms with E-state index in [1.54, 1.807) is 24.3 Å². The average Bonchev–Trinajstić information content (AvgIpc) is 2.67. The van der Waals surface area contributed by atoms with Crippen LogP contribution in [0.5, 0.6) is 0 Å². The fourth-order valence-corrected chi connectivity index (χ4v) is 3.00. The Morgan fingerprint density at radius 3 is 2.42 bits per heavy atom. The molecule has 1 aromatic rings. The Morgan fingerprint density at radius 1 is 1.21 bits per heavy atom. The minimum atomic E-state index is -0.140. The Bertz CT molecular complexity index is 492. The van der Waals surface area contributed by atoms with Crippen LogP contribution in [0.4, 0.5) is 0 Å². The molecule has 2 aliphatic rings. The largest absolute Gasteiger partial charge is 0.314 e. The van der Waals surface area contributed by atoms with Gasteiger partial charge in [-0.1, -0.05) is 12.1 Å². The van der Waals surface area contributed by atoms with Gasteiger partial charge in [0.15, 0.2) is 0 Å². The lowest BCUT2D eigenvalue weighted by molar-refractivity contribution is 0.0608. The van der Waals surface area contributed by atoms with E-state index in [0.29, 0.717) is 29.6 Å². The quantitative estimate of drug-likeness (QED) is 0.821. The van der Waals surface area contributed by atoms with E-state index in [0.717, 1.165) is 19.4 Å². The minimum Gasteiger partial charge on any atom is -0.314 e. The predicted octanol–water partition coefficient (Wildman–Crippen LogP) is 1.67. The van der Waals surface area contributed by atoms with Crippen LogP contribution in [-0.4, -0.2) is 35.8 Å². The lowest BCUT2D eigenvalue weighted by Crippen LogP contribution is -2.46. The summed E-state index contributed by atoms with van der Waals surface area (Å²) in [7, 11) is 0. The zero-order chi connectivity index (χ0) is 13.4. The summed E-state index contributed by atoms with van der Waals surface area (Å²) in [5.41, 5.74) is 1.09. The zero-order valence-corrected chi connectivity index (χ0v) is 11.1. The number of hydrogen-bond acceptors (Lipinski definition) is 3. The Hall–Kier alpha value is -1.68. The molecule has 4 nitrogen and oxygen atoms in total. The van der Waals surface area contributed by atoms with Gasteiger partial charge in [0.1, 0.15) is 0 Å². The van der Waals surface area contributed by atoms with E-state index in [9.17, 15) is 9.59 Å². The second-order valence-electron chi connectivity index (χ2n) is 5.41. The molecule has 0 spiro atoms. The van der Waals surface area contributed by atoms with Crippen molar-refractivity contribution in [3.05, 3.63) is 35.4 Å². The molecule has 3 rings (SSSR count). The van der Waals surface area contributed by atoms with Gasteiger partial charge in [0.2, 0.25) is 0 Å². The molecule has 100 valence electrons. The van der Waals surface area contributed by atoms with Gasteiger partial charge >= 0.3 is 0 Å². The first-order chi connectivity index (χ1) is 9.18. The monoisotopic (exact) mass is 258 g/mol. The number of carbonyl (C=O) groups is 2. The van der Waals surface area contributed by atoms with E-state index in [4.69, 9.17) is 0 Å². The molecular weight excluding hydrogens is 240 g/mol. The number of piperidine rings is 1. The van der Waals surface area contributed by atoms with Crippen LogP contribution in [0.25, 0.3) is 0 Å². The summed E-state index contributed by atoms with van der Waals surface area (Å²) in [6.07, 6.45) is 2.18. The number of hydrogen-bond donors (Lipinski definition) is 1. The van der Waals surface area contributed by atoms with Gasteiger partial charge in [-0.25, -0.2) is 0 Å². The normalized spacial score (nSPS) is 26.7. The average molecular weight is 258 g/mol. The molecule has 2 unspecified atom stereocenters. The topological polar surface area (TPSA) is 49.4 Å². The number of fused-ring (bicyclic) bond motifs is 1. The summed E-state index contributed by atoms with van der Waals surface area (Å²) in [5, 5.41) is 3.41. The molecule has 1 saturated heterocycles.